The minimum atomic E-state index is -3.55. The number of sulfonamides is 1. The van der Waals surface area contributed by atoms with Gasteiger partial charge in [0.05, 0.1) is 12.2 Å². The molecule has 0 unspecified atom stereocenters. The summed E-state index contributed by atoms with van der Waals surface area (Å²) in [5.74, 6) is -3.33. The Hall–Kier alpha value is -2.63. The molecule has 3 rings (SSSR count). The van der Waals surface area contributed by atoms with E-state index in [1.165, 1.54) is 12.1 Å². The first-order chi connectivity index (χ1) is 11.2. The van der Waals surface area contributed by atoms with Crippen LogP contribution in [-0.2, 0) is 19.6 Å². The van der Waals surface area contributed by atoms with Crippen molar-refractivity contribution in [2.75, 3.05) is 6.61 Å². The largest absolute Gasteiger partial charge is 0.505 e. The minimum Gasteiger partial charge on any atom is -0.505 e. The molecule has 2 aliphatic heterocycles. The molecule has 0 aromatic heterocycles. The Morgan fingerprint density at radius 3 is 2.33 bits per heavy atom. The second-order valence-corrected chi connectivity index (χ2v) is 6.39. The Kier molecular flexibility index (Phi) is 4.78. The third kappa shape index (κ3) is 3.18. The number of amides is 1. The maximum absolute atomic E-state index is 11.1. The third-order valence-corrected chi connectivity index (χ3v) is 4.51. The number of fused-ring (bicyclic) bond motifs is 1. The van der Waals surface area contributed by atoms with Gasteiger partial charge < -0.3 is 25.2 Å². The Morgan fingerprint density at radius 2 is 1.83 bits per heavy atom. The average molecular weight is 359 g/mol. The fraction of sp³-hybridized carbons (Fsp3) is 0.231. The molecule has 1 aromatic rings. The highest BCUT2D eigenvalue weighted by molar-refractivity contribution is 7.90. The smallest absolute Gasteiger partial charge is 0.377 e. The highest BCUT2D eigenvalue weighted by Gasteiger charge is 2.38. The van der Waals surface area contributed by atoms with Crippen LogP contribution in [0.1, 0.15) is 10.4 Å². The molecule has 2 aliphatic rings. The molecule has 0 aliphatic carbocycles. The molecular formula is C13H13NO9S. The average Bonchev–Trinajstić information content (AvgIpc) is 2.95. The van der Waals surface area contributed by atoms with E-state index >= 15 is 0 Å². The zero-order valence-corrected chi connectivity index (χ0v) is 12.7. The van der Waals surface area contributed by atoms with E-state index in [1.54, 1.807) is 12.1 Å². The summed E-state index contributed by atoms with van der Waals surface area (Å²) in [7, 11) is -3.55. The van der Waals surface area contributed by atoms with E-state index in [0.717, 1.165) is 0 Å². The monoisotopic (exact) mass is 359 g/mol. The molecule has 2 heterocycles. The van der Waals surface area contributed by atoms with Gasteiger partial charge in [-0.15, -0.1) is 0 Å². The van der Waals surface area contributed by atoms with Crippen molar-refractivity contribution in [2.45, 2.75) is 17.1 Å². The SMILES string of the molecule is O=C1NS(=O)(=O)c2ccccc21.O=C1O[C@H]([C@@H](O)CO)C(O)=C1O. The second kappa shape index (κ2) is 6.47. The van der Waals surface area contributed by atoms with Gasteiger partial charge in [0.1, 0.15) is 11.0 Å². The van der Waals surface area contributed by atoms with Crippen LogP contribution in [0.25, 0.3) is 0 Å². The predicted molar refractivity (Wildman–Crippen MR) is 76.4 cm³/mol. The van der Waals surface area contributed by atoms with Crippen molar-refractivity contribution in [1.29, 1.82) is 0 Å². The van der Waals surface area contributed by atoms with Crippen molar-refractivity contribution in [1.82, 2.24) is 4.72 Å². The molecule has 11 heteroatoms. The highest BCUT2D eigenvalue weighted by atomic mass is 32.2. The van der Waals surface area contributed by atoms with Crippen LogP contribution < -0.4 is 4.72 Å². The number of hydrogen-bond acceptors (Lipinski definition) is 9. The second-order valence-electron chi connectivity index (χ2n) is 4.74. The molecule has 130 valence electrons. The number of aliphatic hydroxyl groups excluding tert-OH is 4. The van der Waals surface area contributed by atoms with Gasteiger partial charge >= 0.3 is 5.97 Å². The van der Waals surface area contributed by atoms with Crippen LogP contribution >= 0.6 is 0 Å². The van der Waals surface area contributed by atoms with E-state index in [4.69, 9.17) is 20.4 Å². The maximum Gasteiger partial charge on any atom is 0.377 e. The van der Waals surface area contributed by atoms with Crippen molar-refractivity contribution in [3.8, 4) is 0 Å². The number of rotatable bonds is 2. The van der Waals surface area contributed by atoms with Gasteiger partial charge in [0.2, 0.25) is 5.76 Å². The van der Waals surface area contributed by atoms with E-state index in [9.17, 15) is 18.0 Å². The van der Waals surface area contributed by atoms with Crippen molar-refractivity contribution < 1.29 is 43.2 Å². The summed E-state index contributed by atoms with van der Waals surface area (Å²) >= 11 is 0. The summed E-state index contributed by atoms with van der Waals surface area (Å²) in [5, 5.41) is 35.0. The zero-order valence-electron chi connectivity index (χ0n) is 11.9. The van der Waals surface area contributed by atoms with Crippen molar-refractivity contribution >= 4 is 21.9 Å². The lowest BCUT2D eigenvalue weighted by atomic mass is 10.2. The summed E-state index contributed by atoms with van der Waals surface area (Å²) in [5.41, 5.74) is 0.220. The standard InChI is InChI=1S/C7H5NO3S.C6H8O6/c9-7-5-3-1-2-4-6(5)12(10,11)8-7;7-1-2(8)5-3(9)4(10)6(11)12-5/h1-4H,(H,8,9);2,5,7-10H,1H2/t;2-,5+/m.0/s1. The van der Waals surface area contributed by atoms with Gasteiger partial charge in [-0.05, 0) is 12.1 Å². The number of aliphatic hydroxyl groups is 4. The molecule has 10 nitrogen and oxygen atoms in total. The third-order valence-electron chi connectivity index (χ3n) is 3.12. The number of carbonyl (C=O) groups is 2. The molecule has 2 atom stereocenters. The van der Waals surface area contributed by atoms with Gasteiger partial charge in [-0.2, -0.15) is 0 Å². The molecule has 0 saturated carbocycles. The Morgan fingerprint density at radius 1 is 1.21 bits per heavy atom. The first-order valence-electron chi connectivity index (χ1n) is 6.47. The van der Waals surface area contributed by atoms with E-state index in [1.807, 2.05) is 4.72 Å². The zero-order chi connectivity index (χ0) is 18.1. The quantitative estimate of drug-likeness (QED) is 0.403. The van der Waals surface area contributed by atoms with Crippen molar-refractivity contribution in [2.24, 2.45) is 0 Å². The Bertz CT molecular complexity index is 814. The van der Waals surface area contributed by atoms with Gasteiger partial charge in [-0.3, -0.25) is 4.79 Å². The summed E-state index contributed by atoms with van der Waals surface area (Å²) in [6.07, 6.45) is -2.78. The molecule has 24 heavy (non-hydrogen) atoms. The van der Waals surface area contributed by atoms with Crippen LogP contribution in [0.4, 0.5) is 0 Å². The van der Waals surface area contributed by atoms with Gasteiger partial charge in [0, 0.05) is 0 Å². The molecular weight excluding hydrogens is 346 g/mol. The van der Waals surface area contributed by atoms with E-state index in [0.29, 0.717) is 0 Å². The Labute approximate surface area is 135 Å². The van der Waals surface area contributed by atoms with Crippen LogP contribution in [0.2, 0.25) is 0 Å². The van der Waals surface area contributed by atoms with E-state index in [-0.39, 0.29) is 10.5 Å². The molecule has 0 saturated heterocycles. The lowest BCUT2D eigenvalue weighted by molar-refractivity contribution is -0.147. The topological polar surface area (TPSA) is 170 Å². The van der Waals surface area contributed by atoms with Gasteiger partial charge in [0.25, 0.3) is 15.9 Å². The summed E-state index contributed by atoms with van der Waals surface area (Å²) in [6.45, 7) is -0.671. The lowest BCUT2D eigenvalue weighted by Gasteiger charge is -2.13. The number of hydrogen-bond donors (Lipinski definition) is 5. The highest BCUT2D eigenvalue weighted by Crippen LogP contribution is 2.21. The summed E-state index contributed by atoms with van der Waals surface area (Å²) in [6, 6.07) is 6.09. The lowest BCUT2D eigenvalue weighted by Crippen LogP contribution is -2.31. The number of cyclic esters (lactones) is 1. The molecule has 1 aromatic carbocycles. The fourth-order valence-corrected chi connectivity index (χ4v) is 3.12. The maximum atomic E-state index is 11.1. The summed E-state index contributed by atoms with van der Waals surface area (Å²) in [4.78, 5) is 21.6. The molecule has 0 fully saturated rings. The number of nitrogens with one attached hydrogen (secondary N) is 1. The number of benzene rings is 1. The normalized spacial score (nSPS) is 22.2. The van der Waals surface area contributed by atoms with E-state index < -0.39 is 52.2 Å². The first kappa shape index (κ1) is 17.7. The molecule has 5 N–H and O–H groups in total. The van der Waals surface area contributed by atoms with Crippen molar-refractivity contribution in [3.05, 3.63) is 41.3 Å². The van der Waals surface area contributed by atoms with Gasteiger partial charge in [0.15, 0.2) is 11.9 Å². The van der Waals surface area contributed by atoms with Crippen LogP contribution in [0.15, 0.2) is 40.7 Å². The van der Waals surface area contributed by atoms with Gasteiger partial charge in [-0.1, -0.05) is 12.1 Å². The predicted octanol–water partition coefficient (Wildman–Crippen LogP) is -1.29. The fourth-order valence-electron chi connectivity index (χ4n) is 1.94. The molecule has 1 amide bonds. The summed E-state index contributed by atoms with van der Waals surface area (Å²) < 4.78 is 28.5. The van der Waals surface area contributed by atoms with Crippen LogP contribution in [0.5, 0.6) is 0 Å². The molecule has 0 radical (unpaired) electrons. The number of ether oxygens (including phenoxy) is 1. The number of carbonyl (C=O) groups excluding carboxylic acids is 2. The van der Waals surface area contributed by atoms with Crippen molar-refractivity contribution in [3.63, 3.8) is 0 Å². The molecule has 0 spiro atoms. The minimum absolute atomic E-state index is 0.0648. The van der Waals surface area contributed by atoms with E-state index in [2.05, 4.69) is 4.74 Å². The van der Waals surface area contributed by atoms with Crippen LogP contribution in [0, 0.1) is 0 Å². The van der Waals surface area contributed by atoms with Gasteiger partial charge in [-0.25, -0.2) is 17.9 Å². The van der Waals surface area contributed by atoms with Crippen LogP contribution in [-0.4, -0.2) is 59.5 Å². The molecule has 0 bridgehead atoms. The van der Waals surface area contributed by atoms with Crippen LogP contribution in [0.3, 0.4) is 0 Å². The first-order valence-corrected chi connectivity index (χ1v) is 7.95. The Balaban J connectivity index is 0.000000174. The number of esters is 1.